The van der Waals surface area contributed by atoms with Gasteiger partial charge in [0.2, 0.25) is 0 Å². The van der Waals surface area contributed by atoms with Crippen LogP contribution in [0.5, 0.6) is 0 Å². The number of anilines is 2. The van der Waals surface area contributed by atoms with Gasteiger partial charge in [0, 0.05) is 17.8 Å². The van der Waals surface area contributed by atoms with Gasteiger partial charge in [-0.15, -0.1) is 0 Å². The topological polar surface area (TPSA) is 50.9 Å². The fraction of sp³-hybridized carbons (Fsp3) is 0.267. The van der Waals surface area contributed by atoms with Crippen molar-refractivity contribution in [3.8, 4) is 11.3 Å². The molecular formula is C15H15ClF3N3. The highest BCUT2D eigenvalue weighted by Crippen LogP contribution is 2.35. The zero-order valence-corrected chi connectivity index (χ0v) is 12.8. The zero-order chi connectivity index (χ0) is 16.5. The van der Waals surface area contributed by atoms with Crippen LogP contribution in [-0.2, 0) is 6.18 Å². The molecule has 0 amide bonds. The van der Waals surface area contributed by atoms with Crippen LogP contribution in [0.2, 0.25) is 5.02 Å². The second-order valence-corrected chi connectivity index (χ2v) is 5.56. The Kier molecular flexibility index (Phi) is 4.51. The molecule has 0 radical (unpaired) electrons. The first-order valence-corrected chi connectivity index (χ1v) is 6.95. The van der Waals surface area contributed by atoms with E-state index in [4.69, 9.17) is 17.3 Å². The Labute approximate surface area is 131 Å². The summed E-state index contributed by atoms with van der Waals surface area (Å²) in [7, 11) is 0. The van der Waals surface area contributed by atoms with Crippen molar-refractivity contribution >= 4 is 23.0 Å². The normalized spacial score (nSPS) is 11.8. The van der Waals surface area contributed by atoms with Gasteiger partial charge in [0.25, 0.3) is 0 Å². The van der Waals surface area contributed by atoms with Gasteiger partial charge in [-0.1, -0.05) is 17.7 Å². The molecular weight excluding hydrogens is 315 g/mol. The first kappa shape index (κ1) is 16.4. The maximum absolute atomic E-state index is 12.6. The number of benzene rings is 1. The van der Waals surface area contributed by atoms with E-state index in [9.17, 15) is 13.2 Å². The van der Waals surface area contributed by atoms with Crippen molar-refractivity contribution in [3.05, 3.63) is 41.0 Å². The van der Waals surface area contributed by atoms with Crippen molar-refractivity contribution in [1.29, 1.82) is 0 Å². The van der Waals surface area contributed by atoms with Crippen LogP contribution >= 0.6 is 11.6 Å². The molecule has 0 aliphatic carbocycles. The van der Waals surface area contributed by atoms with E-state index in [1.54, 1.807) is 18.2 Å². The highest BCUT2D eigenvalue weighted by Gasteiger charge is 2.31. The summed E-state index contributed by atoms with van der Waals surface area (Å²) in [5.74, 6) is 0. The molecule has 0 spiro atoms. The Morgan fingerprint density at radius 3 is 2.41 bits per heavy atom. The summed E-state index contributed by atoms with van der Waals surface area (Å²) in [4.78, 5) is 3.82. The molecule has 0 unspecified atom stereocenters. The lowest BCUT2D eigenvalue weighted by Gasteiger charge is -2.14. The molecule has 0 fully saturated rings. The molecule has 1 aromatic carbocycles. The fourth-order valence-electron chi connectivity index (χ4n) is 1.96. The Hall–Kier alpha value is -1.95. The van der Waals surface area contributed by atoms with Crippen LogP contribution < -0.4 is 11.1 Å². The molecule has 0 aliphatic rings. The Balaban J connectivity index is 2.38. The number of hydrogen-bond acceptors (Lipinski definition) is 3. The third kappa shape index (κ3) is 3.62. The molecule has 3 N–H and O–H groups in total. The second-order valence-electron chi connectivity index (χ2n) is 5.15. The molecule has 3 nitrogen and oxygen atoms in total. The number of hydrogen-bond donors (Lipinski definition) is 2. The number of nitrogens with one attached hydrogen (secondary N) is 1. The summed E-state index contributed by atoms with van der Waals surface area (Å²) >= 11 is 5.93. The number of nitrogens with two attached hydrogens (primary N) is 1. The first-order valence-electron chi connectivity index (χ1n) is 6.57. The summed E-state index contributed by atoms with van der Waals surface area (Å²) in [5, 5.41) is 3.10. The maximum Gasteiger partial charge on any atom is 0.417 e. The van der Waals surface area contributed by atoms with Gasteiger partial charge >= 0.3 is 6.18 Å². The van der Waals surface area contributed by atoms with Crippen molar-refractivity contribution in [2.75, 3.05) is 11.1 Å². The molecule has 0 saturated heterocycles. The smallest absolute Gasteiger partial charge is 0.397 e. The molecule has 7 heteroatoms. The lowest BCUT2D eigenvalue weighted by molar-refractivity contribution is -0.137. The van der Waals surface area contributed by atoms with Gasteiger partial charge in [-0.25, -0.2) is 0 Å². The average molecular weight is 330 g/mol. The van der Waals surface area contributed by atoms with Crippen LogP contribution in [0.4, 0.5) is 24.5 Å². The highest BCUT2D eigenvalue weighted by molar-refractivity contribution is 6.33. The van der Waals surface area contributed by atoms with E-state index >= 15 is 0 Å². The largest absolute Gasteiger partial charge is 0.417 e. The van der Waals surface area contributed by atoms with Crippen molar-refractivity contribution in [2.45, 2.75) is 26.1 Å². The van der Waals surface area contributed by atoms with Gasteiger partial charge in [-0.2, -0.15) is 13.2 Å². The SMILES string of the molecule is CC(C)Nc1ccc(-c2ncc(C(F)(F)F)cc2Cl)cc1N. The number of alkyl halides is 3. The quantitative estimate of drug-likeness (QED) is 0.793. The monoisotopic (exact) mass is 329 g/mol. The van der Waals surface area contributed by atoms with E-state index in [1.165, 1.54) is 0 Å². The predicted molar refractivity (Wildman–Crippen MR) is 82.9 cm³/mol. The number of rotatable bonds is 3. The van der Waals surface area contributed by atoms with E-state index in [2.05, 4.69) is 10.3 Å². The van der Waals surface area contributed by atoms with Crippen LogP contribution in [0.1, 0.15) is 19.4 Å². The van der Waals surface area contributed by atoms with Gasteiger partial charge in [0.05, 0.1) is 27.7 Å². The molecule has 118 valence electrons. The first-order chi connectivity index (χ1) is 10.2. The molecule has 1 heterocycles. The molecule has 0 bridgehead atoms. The standard InChI is InChI=1S/C15H15ClF3N3/c1-8(2)22-13-4-3-9(5-12(13)20)14-11(16)6-10(7-21-14)15(17,18)19/h3-8,22H,20H2,1-2H3. The third-order valence-corrected chi connectivity index (χ3v) is 3.23. The van der Waals surface area contributed by atoms with E-state index in [0.29, 0.717) is 11.3 Å². The number of nitrogens with zero attached hydrogens (tertiary/aromatic N) is 1. The summed E-state index contributed by atoms with van der Waals surface area (Å²) in [6.07, 6.45) is -3.71. The van der Waals surface area contributed by atoms with Gasteiger partial charge in [0.15, 0.2) is 0 Å². The van der Waals surface area contributed by atoms with Crippen molar-refractivity contribution in [2.24, 2.45) is 0 Å². The Morgan fingerprint density at radius 1 is 1.23 bits per heavy atom. The third-order valence-electron chi connectivity index (χ3n) is 2.94. The molecule has 0 aliphatic heterocycles. The highest BCUT2D eigenvalue weighted by atomic mass is 35.5. The fourth-order valence-corrected chi connectivity index (χ4v) is 2.23. The molecule has 1 aromatic heterocycles. The Bertz CT molecular complexity index is 684. The second kappa shape index (κ2) is 6.04. The minimum absolute atomic E-state index is 0.0706. The number of halogens is 4. The van der Waals surface area contributed by atoms with Gasteiger partial charge in [-0.3, -0.25) is 4.98 Å². The molecule has 2 aromatic rings. The van der Waals surface area contributed by atoms with Crippen molar-refractivity contribution in [3.63, 3.8) is 0 Å². The van der Waals surface area contributed by atoms with E-state index in [-0.39, 0.29) is 16.8 Å². The van der Waals surface area contributed by atoms with Gasteiger partial charge in [0.1, 0.15) is 0 Å². The van der Waals surface area contributed by atoms with Crippen LogP contribution in [-0.4, -0.2) is 11.0 Å². The molecule has 2 rings (SSSR count). The zero-order valence-electron chi connectivity index (χ0n) is 12.0. The van der Waals surface area contributed by atoms with Crippen LogP contribution in [0.3, 0.4) is 0 Å². The minimum Gasteiger partial charge on any atom is -0.397 e. The summed E-state index contributed by atoms with van der Waals surface area (Å²) in [5.41, 5.74) is 7.11. The molecule has 22 heavy (non-hydrogen) atoms. The molecule has 0 saturated carbocycles. The van der Waals surface area contributed by atoms with Crippen LogP contribution in [0.25, 0.3) is 11.3 Å². The van der Waals surface area contributed by atoms with E-state index in [0.717, 1.165) is 18.0 Å². The number of nitrogen functional groups attached to an aromatic ring is 1. The van der Waals surface area contributed by atoms with E-state index < -0.39 is 11.7 Å². The van der Waals surface area contributed by atoms with Crippen molar-refractivity contribution < 1.29 is 13.2 Å². The number of aromatic nitrogens is 1. The van der Waals surface area contributed by atoms with Crippen molar-refractivity contribution in [1.82, 2.24) is 4.98 Å². The predicted octanol–water partition coefficient (Wildman–Crippen LogP) is 4.82. The van der Waals surface area contributed by atoms with Gasteiger partial charge < -0.3 is 11.1 Å². The summed E-state index contributed by atoms with van der Waals surface area (Å²) in [6, 6.07) is 6.16. The lowest BCUT2D eigenvalue weighted by atomic mass is 10.1. The van der Waals surface area contributed by atoms with Crippen LogP contribution in [0.15, 0.2) is 30.5 Å². The minimum atomic E-state index is -4.47. The lowest BCUT2D eigenvalue weighted by Crippen LogP contribution is -2.11. The van der Waals surface area contributed by atoms with Crippen LogP contribution in [0, 0.1) is 0 Å². The Morgan fingerprint density at radius 2 is 1.91 bits per heavy atom. The summed E-state index contributed by atoms with van der Waals surface area (Å²) in [6.45, 7) is 3.95. The number of pyridine rings is 1. The van der Waals surface area contributed by atoms with Gasteiger partial charge in [-0.05, 0) is 32.0 Å². The molecule has 0 atom stereocenters. The maximum atomic E-state index is 12.6. The average Bonchev–Trinajstić information content (AvgIpc) is 2.39. The van der Waals surface area contributed by atoms with E-state index in [1.807, 2.05) is 13.8 Å². The summed E-state index contributed by atoms with van der Waals surface area (Å²) < 4.78 is 37.8.